The molecular weight excluding hydrogens is 378 g/mol. The summed E-state index contributed by atoms with van der Waals surface area (Å²) in [6.45, 7) is 2.67. The Morgan fingerprint density at radius 3 is 2.81 bits per heavy atom. The predicted octanol–water partition coefficient (Wildman–Crippen LogP) is 2.12. The van der Waals surface area contributed by atoms with E-state index in [4.69, 9.17) is 16.3 Å². The number of halogens is 1. The molecule has 0 spiro atoms. The van der Waals surface area contributed by atoms with Crippen molar-refractivity contribution in [3.8, 4) is 5.88 Å². The Kier molecular flexibility index (Phi) is 7.38. The molecule has 0 aliphatic rings. The monoisotopic (exact) mass is 397 g/mol. The van der Waals surface area contributed by atoms with Gasteiger partial charge in [-0.3, -0.25) is 4.79 Å². The molecule has 0 aliphatic heterocycles. The van der Waals surface area contributed by atoms with Crippen molar-refractivity contribution in [3.05, 3.63) is 53.2 Å². The van der Waals surface area contributed by atoms with Crippen LogP contribution in [-0.2, 0) is 21.4 Å². The van der Waals surface area contributed by atoms with Crippen LogP contribution < -0.4 is 14.8 Å². The summed E-state index contributed by atoms with van der Waals surface area (Å²) in [5, 5.41) is 3.05. The summed E-state index contributed by atoms with van der Waals surface area (Å²) in [6.07, 6.45) is 1.62. The van der Waals surface area contributed by atoms with E-state index in [0.29, 0.717) is 24.1 Å². The zero-order valence-electron chi connectivity index (χ0n) is 14.2. The molecule has 2 rings (SSSR count). The second-order valence-corrected chi connectivity index (χ2v) is 7.52. The number of hydrogen-bond donors (Lipinski definition) is 2. The molecule has 0 fully saturated rings. The Morgan fingerprint density at radius 2 is 2.08 bits per heavy atom. The van der Waals surface area contributed by atoms with Crippen LogP contribution in [0.15, 0.2) is 47.5 Å². The maximum absolute atomic E-state index is 12.1. The van der Waals surface area contributed by atoms with Gasteiger partial charge in [0.25, 0.3) is 0 Å². The number of rotatable bonds is 9. The number of nitrogens with one attached hydrogen (secondary N) is 2. The average molecular weight is 398 g/mol. The highest BCUT2D eigenvalue weighted by molar-refractivity contribution is 7.89. The van der Waals surface area contributed by atoms with Crippen LogP contribution in [0, 0.1) is 0 Å². The van der Waals surface area contributed by atoms with Crippen molar-refractivity contribution < 1.29 is 17.9 Å². The van der Waals surface area contributed by atoms with E-state index in [9.17, 15) is 13.2 Å². The molecule has 26 heavy (non-hydrogen) atoms. The molecule has 0 saturated carbocycles. The van der Waals surface area contributed by atoms with Crippen molar-refractivity contribution in [2.45, 2.75) is 24.8 Å². The number of pyridine rings is 1. The van der Waals surface area contributed by atoms with Crippen LogP contribution in [-0.4, -0.2) is 32.5 Å². The van der Waals surface area contributed by atoms with Crippen LogP contribution in [0.1, 0.15) is 18.9 Å². The van der Waals surface area contributed by atoms with Gasteiger partial charge in [0.2, 0.25) is 21.8 Å². The highest BCUT2D eigenvalue weighted by atomic mass is 35.5. The number of benzene rings is 1. The van der Waals surface area contributed by atoms with E-state index in [0.717, 1.165) is 5.56 Å². The molecule has 7 nitrogen and oxygen atoms in total. The largest absolute Gasteiger partial charge is 0.478 e. The number of ether oxygens (including phenoxy) is 1. The van der Waals surface area contributed by atoms with Crippen molar-refractivity contribution in [2.24, 2.45) is 0 Å². The number of amides is 1. The predicted molar refractivity (Wildman–Crippen MR) is 98.5 cm³/mol. The lowest BCUT2D eigenvalue weighted by molar-refractivity contribution is -0.121. The summed E-state index contributed by atoms with van der Waals surface area (Å²) in [4.78, 5) is 16.0. The first-order valence-corrected chi connectivity index (χ1v) is 9.86. The highest BCUT2D eigenvalue weighted by Gasteiger charge is 2.14. The number of carbonyl (C=O) groups is 1. The van der Waals surface area contributed by atoms with E-state index < -0.39 is 10.0 Å². The standard InChI is InChI=1S/C17H20ClN3O4S/c1-2-25-17-10-13(6-8-19-17)12-20-16(22)7-9-21-26(23,24)15-5-3-4-14(18)11-15/h3-6,8,10-11,21H,2,7,9,12H2,1H3,(H,20,22). The molecule has 0 unspecified atom stereocenters. The summed E-state index contributed by atoms with van der Waals surface area (Å²) in [7, 11) is -3.70. The number of sulfonamides is 1. The Balaban J connectivity index is 1.79. The zero-order chi connectivity index (χ0) is 19.0. The minimum Gasteiger partial charge on any atom is -0.478 e. The summed E-state index contributed by atoms with van der Waals surface area (Å²) in [5.74, 6) is 0.224. The fourth-order valence-electron chi connectivity index (χ4n) is 2.09. The molecule has 0 bridgehead atoms. The van der Waals surface area contributed by atoms with Crippen LogP contribution in [0.2, 0.25) is 5.02 Å². The number of nitrogens with zero attached hydrogens (tertiary/aromatic N) is 1. The zero-order valence-corrected chi connectivity index (χ0v) is 15.8. The van der Waals surface area contributed by atoms with E-state index in [1.165, 1.54) is 12.1 Å². The Bertz CT molecular complexity index is 859. The van der Waals surface area contributed by atoms with E-state index in [1.807, 2.05) is 6.92 Å². The molecule has 1 aromatic carbocycles. The summed E-state index contributed by atoms with van der Waals surface area (Å²) in [5.41, 5.74) is 0.844. The second kappa shape index (κ2) is 9.51. The quantitative estimate of drug-likeness (QED) is 0.675. The van der Waals surface area contributed by atoms with Crippen LogP contribution in [0.25, 0.3) is 0 Å². The van der Waals surface area contributed by atoms with Gasteiger partial charge in [-0.1, -0.05) is 17.7 Å². The molecular formula is C17H20ClN3O4S. The molecule has 0 aliphatic carbocycles. The minimum absolute atomic E-state index is 0.0127. The number of aromatic nitrogens is 1. The smallest absolute Gasteiger partial charge is 0.240 e. The number of carbonyl (C=O) groups excluding carboxylic acids is 1. The van der Waals surface area contributed by atoms with Gasteiger partial charge in [0.15, 0.2) is 0 Å². The van der Waals surface area contributed by atoms with Gasteiger partial charge >= 0.3 is 0 Å². The van der Waals surface area contributed by atoms with E-state index in [-0.39, 0.29) is 23.8 Å². The lowest BCUT2D eigenvalue weighted by Gasteiger charge is -2.09. The molecule has 140 valence electrons. The van der Waals surface area contributed by atoms with Crippen molar-refractivity contribution >= 4 is 27.5 Å². The third-order valence-corrected chi connectivity index (χ3v) is 5.03. The van der Waals surface area contributed by atoms with Gasteiger partial charge in [0, 0.05) is 36.8 Å². The van der Waals surface area contributed by atoms with Gasteiger partial charge in [0.1, 0.15) is 0 Å². The first-order chi connectivity index (χ1) is 12.4. The van der Waals surface area contributed by atoms with Gasteiger partial charge < -0.3 is 10.1 Å². The topological polar surface area (TPSA) is 97.4 Å². The van der Waals surface area contributed by atoms with Gasteiger partial charge in [-0.05, 0) is 36.8 Å². The van der Waals surface area contributed by atoms with Crippen molar-refractivity contribution in [1.82, 2.24) is 15.0 Å². The SMILES string of the molecule is CCOc1cc(CNC(=O)CCNS(=O)(=O)c2cccc(Cl)c2)ccn1. The highest BCUT2D eigenvalue weighted by Crippen LogP contribution is 2.15. The minimum atomic E-state index is -3.70. The molecule has 0 radical (unpaired) electrons. The Labute approximate surface area is 157 Å². The number of hydrogen-bond acceptors (Lipinski definition) is 5. The average Bonchev–Trinajstić information content (AvgIpc) is 2.60. The van der Waals surface area contributed by atoms with Gasteiger partial charge in [-0.15, -0.1) is 0 Å². The summed E-state index contributed by atoms with van der Waals surface area (Å²) < 4.78 is 31.9. The van der Waals surface area contributed by atoms with E-state index >= 15 is 0 Å². The van der Waals surface area contributed by atoms with Crippen molar-refractivity contribution in [2.75, 3.05) is 13.2 Å². The first kappa shape index (κ1) is 20.2. The van der Waals surface area contributed by atoms with Crippen LogP contribution in [0.4, 0.5) is 0 Å². The molecule has 0 atom stereocenters. The van der Waals surface area contributed by atoms with Crippen LogP contribution >= 0.6 is 11.6 Å². The fourth-order valence-corrected chi connectivity index (χ4v) is 3.42. The maximum Gasteiger partial charge on any atom is 0.240 e. The van der Waals surface area contributed by atoms with Gasteiger partial charge in [-0.2, -0.15) is 0 Å². The molecule has 1 heterocycles. The third kappa shape index (κ3) is 6.29. The lowest BCUT2D eigenvalue weighted by atomic mass is 10.2. The fraction of sp³-hybridized carbons (Fsp3) is 0.294. The first-order valence-electron chi connectivity index (χ1n) is 8.00. The molecule has 9 heteroatoms. The summed E-state index contributed by atoms with van der Waals surface area (Å²) >= 11 is 5.80. The molecule has 1 aromatic heterocycles. The molecule has 2 N–H and O–H groups in total. The Morgan fingerprint density at radius 1 is 1.27 bits per heavy atom. The third-order valence-electron chi connectivity index (χ3n) is 3.33. The lowest BCUT2D eigenvalue weighted by Crippen LogP contribution is -2.30. The van der Waals surface area contributed by atoms with E-state index in [1.54, 1.807) is 30.5 Å². The van der Waals surface area contributed by atoms with Gasteiger partial charge in [-0.25, -0.2) is 18.1 Å². The summed E-state index contributed by atoms with van der Waals surface area (Å²) in [6, 6.07) is 9.44. The van der Waals surface area contributed by atoms with E-state index in [2.05, 4.69) is 15.0 Å². The van der Waals surface area contributed by atoms with Crippen molar-refractivity contribution in [3.63, 3.8) is 0 Å². The molecule has 0 saturated heterocycles. The normalized spacial score (nSPS) is 11.2. The van der Waals surface area contributed by atoms with Crippen LogP contribution in [0.3, 0.4) is 0 Å². The maximum atomic E-state index is 12.1. The molecule has 1 amide bonds. The van der Waals surface area contributed by atoms with Gasteiger partial charge in [0.05, 0.1) is 11.5 Å². The van der Waals surface area contributed by atoms with Crippen LogP contribution in [0.5, 0.6) is 5.88 Å². The molecule has 2 aromatic rings. The second-order valence-electron chi connectivity index (χ2n) is 5.32. The van der Waals surface area contributed by atoms with Crippen molar-refractivity contribution in [1.29, 1.82) is 0 Å². The Hall–Kier alpha value is -2.16.